The minimum atomic E-state index is 0.447. The monoisotopic (exact) mass is 324 g/mol. The van der Waals surface area contributed by atoms with Crippen molar-refractivity contribution in [2.24, 2.45) is 5.10 Å². The maximum Gasteiger partial charge on any atom is 0.216 e. The van der Waals surface area contributed by atoms with E-state index in [0.29, 0.717) is 10.6 Å². The minimum Gasteiger partial charge on any atom is -0.465 e. The molecule has 0 radical (unpaired) electrons. The molecule has 0 bridgehead atoms. The second-order valence-corrected chi connectivity index (χ2v) is 5.57. The summed E-state index contributed by atoms with van der Waals surface area (Å²) in [6.07, 6.45) is 5.27. The second-order valence-electron chi connectivity index (χ2n) is 5.18. The van der Waals surface area contributed by atoms with E-state index < -0.39 is 0 Å². The first kappa shape index (κ1) is 15.2. The smallest absolute Gasteiger partial charge is 0.216 e. The summed E-state index contributed by atoms with van der Waals surface area (Å²) in [7, 11) is 0. The number of hydrogen-bond donors (Lipinski definition) is 1. The molecule has 6 heteroatoms. The van der Waals surface area contributed by atoms with Gasteiger partial charge in [-0.05, 0) is 49.8 Å². The summed E-state index contributed by atoms with van der Waals surface area (Å²) >= 11 is 5.26. The van der Waals surface area contributed by atoms with Crippen molar-refractivity contribution in [3.05, 3.63) is 64.3 Å². The molecule has 0 saturated carbocycles. The number of furan rings is 1. The number of aromatic nitrogens is 3. The molecule has 0 saturated heterocycles. The van der Waals surface area contributed by atoms with Gasteiger partial charge in [0.15, 0.2) is 5.82 Å². The highest BCUT2D eigenvalue weighted by atomic mass is 32.1. The molecule has 3 rings (SSSR count). The van der Waals surface area contributed by atoms with Crippen molar-refractivity contribution in [3.8, 4) is 11.4 Å². The summed E-state index contributed by atoms with van der Waals surface area (Å²) in [6, 6.07) is 11.8. The molecule has 3 aromatic rings. The Morgan fingerprint density at radius 3 is 2.78 bits per heavy atom. The predicted molar refractivity (Wildman–Crippen MR) is 93.8 cm³/mol. The van der Waals surface area contributed by atoms with Crippen molar-refractivity contribution >= 4 is 24.5 Å². The molecule has 116 valence electrons. The summed E-state index contributed by atoms with van der Waals surface area (Å²) in [5, 5.41) is 11.5. The molecule has 0 fully saturated rings. The van der Waals surface area contributed by atoms with Crippen LogP contribution in [0.15, 0.2) is 57.8 Å². The van der Waals surface area contributed by atoms with E-state index in [1.807, 2.05) is 56.3 Å². The van der Waals surface area contributed by atoms with E-state index in [1.165, 1.54) is 5.56 Å². The highest BCUT2D eigenvalue weighted by molar-refractivity contribution is 7.71. The van der Waals surface area contributed by atoms with Crippen molar-refractivity contribution < 1.29 is 4.42 Å². The number of nitrogens with zero attached hydrogens (tertiary/aromatic N) is 3. The summed E-state index contributed by atoms with van der Waals surface area (Å²) in [6.45, 7) is 3.99. The maximum atomic E-state index is 5.29. The van der Waals surface area contributed by atoms with Gasteiger partial charge in [-0.25, -0.2) is 5.10 Å². The average Bonchev–Trinajstić information content (AvgIpc) is 3.16. The molecule has 2 aromatic heterocycles. The van der Waals surface area contributed by atoms with Gasteiger partial charge in [0.05, 0.1) is 12.5 Å². The van der Waals surface area contributed by atoms with Crippen LogP contribution in [0.25, 0.3) is 17.5 Å². The lowest BCUT2D eigenvalue weighted by molar-refractivity contribution is 0.557. The first-order valence-electron chi connectivity index (χ1n) is 7.14. The Morgan fingerprint density at radius 1 is 1.30 bits per heavy atom. The Morgan fingerprint density at radius 2 is 2.09 bits per heavy atom. The fourth-order valence-corrected chi connectivity index (χ4v) is 2.25. The number of hydrogen-bond acceptors (Lipinski definition) is 4. The van der Waals surface area contributed by atoms with Gasteiger partial charge in [0, 0.05) is 5.56 Å². The van der Waals surface area contributed by atoms with Crippen LogP contribution in [0.5, 0.6) is 0 Å². The molecular weight excluding hydrogens is 308 g/mol. The molecule has 0 aliphatic rings. The zero-order chi connectivity index (χ0) is 16.2. The van der Waals surface area contributed by atoms with Gasteiger partial charge < -0.3 is 4.42 Å². The van der Waals surface area contributed by atoms with Crippen molar-refractivity contribution in [1.82, 2.24) is 14.9 Å². The summed E-state index contributed by atoms with van der Waals surface area (Å²) < 4.78 is 7.34. The Bertz CT molecular complexity index is 899. The molecule has 0 unspecified atom stereocenters. The van der Waals surface area contributed by atoms with Crippen molar-refractivity contribution in [1.29, 1.82) is 0 Å². The molecule has 0 aliphatic carbocycles. The molecule has 23 heavy (non-hydrogen) atoms. The van der Waals surface area contributed by atoms with Gasteiger partial charge in [-0.1, -0.05) is 29.8 Å². The van der Waals surface area contributed by atoms with E-state index in [2.05, 4.69) is 15.3 Å². The summed E-state index contributed by atoms with van der Waals surface area (Å²) in [5.74, 6) is 1.46. The standard InChI is InChI=1S/C17H16N4OS/c1-12-5-7-14(8-6-12)16-19-20-17(23)21(16)18-11-13(2)10-15-4-3-9-22-15/h3-11H,1-2H3,(H,20,23). The maximum absolute atomic E-state index is 5.29. The molecule has 0 amide bonds. The fourth-order valence-electron chi connectivity index (χ4n) is 2.07. The van der Waals surface area contributed by atoms with Crippen LogP contribution < -0.4 is 0 Å². The molecular formula is C17H16N4OS. The first-order chi connectivity index (χ1) is 11.1. The van der Waals surface area contributed by atoms with E-state index >= 15 is 0 Å². The first-order valence-corrected chi connectivity index (χ1v) is 7.55. The third-order valence-electron chi connectivity index (χ3n) is 3.25. The van der Waals surface area contributed by atoms with Crippen LogP contribution in [0.1, 0.15) is 18.2 Å². The van der Waals surface area contributed by atoms with E-state index in [4.69, 9.17) is 16.6 Å². The quantitative estimate of drug-likeness (QED) is 0.570. The SMILES string of the molecule is CC(C=Nn1c(-c2ccc(C)cc2)n[nH]c1=S)=Cc1ccco1. The van der Waals surface area contributed by atoms with Crippen molar-refractivity contribution in [3.63, 3.8) is 0 Å². The largest absolute Gasteiger partial charge is 0.465 e. The zero-order valence-electron chi connectivity index (χ0n) is 12.9. The molecule has 1 aromatic carbocycles. The van der Waals surface area contributed by atoms with E-state index in [0.717, 1.165) is 16.9 Å². The number of rotatable bonds is 4. The van der Waals surface area contributed by atoms with Crippen LogP contribution >= 0.6 is 12.2 Å². The number of allylic oxidation sites excluding steroid dienone is 1. The molecule has 0 atom stereocenters. The molecule has 1 N–H and O–H groups in total. The van der Waals surface area contributed by atoms with Crippen LogP contribution in [0.2, 0.25) is 0 Å². The topological polar surface area (TPSA) is 59.1 Å². The highest BCUT2D eigenvalue weighted by Gasteiger charge is 2.07. The lowest BCUT2D eigenvalue weighted by Gasteiger charge is -2.01. The van der Waals surface area contributed by atoms with Crippen LogP contribution in [0.4, 0.5) is 0 Å². The molecule has 0 spiro atoms. The third kappa shape index (κ3) is 3.54. The number of H-pyrrole nitrogens is 1. The van der Waals surface area contributed by atoms with Gasteiger partial charge >= 0.3 is 0 Å². The van der Waals surface area contributed by atoms with Gasteiger partial charge in [0.25, 0.3) is 0 Å². The van der Waals surface area contributed by atoms with Crippen LogP contribution in [0.3, 0.4) is 0 Å². The lowest BCUT2D eigenvalue weighted by atomic mass is 10.1. The number of benzene rings is 1. The normalized spacial score (nSPS) is 12.2. The van der Waals surface area contributed by atoms with Crippen LogP contribution in [-0.2, 0) is 0 Å². The number of nitrogens with one attached hydrogen (secondary N) is 1. The Hall–Kier alpha value is -2.73. The molecule has 0 aliphatic heterocycles. The second kappa shape index (κ2) is 6.58. The number of aryl methyl sites for hydroxylation is 1. The van der Waals surface area contributed by atoms with Crippen molar-refractivity contribution in [2.45, 2.75) is 13.8 Å². The van der Waals surface area contributed by atoms with Crippen LogP contribution in [-0.4, -0.2) is 21.1 Å². The average molecular weight is 324 g/mol. The summed E-state index contributed by atoms with van der Waals surface area (Å²) in [4.78, 5) is 0. The Kier molecular flexibility index (Phi) is 4.34. The number of aromatic amines is 1. The van der Waals surface area contributed by atoms with Gasteiger partial charge in [0.1, 0.15) is 5.76 Å². The molecule has 2 heterocycles. The highest BCUT2D eigenvalue weighted by Crippen LogP contribution is 2.17. The predicted octanol–water partition coefficient (Wildman–Crippen LogP) is 4.45. The van der Waals surface area contributed by atoms with Gasteiger partial charge in [-0.2, -0.15) is 14.9 Å². The fraction of sp³-hybridized carbons (Fsp3) is 0.118. The lowest BCUT2D eigenvalue weighted by Crippen LogP contribution is -1.95. The minimum absolute atomic E-state index is 0.447. The Labute approximate surface area is 139 Å². The third-order valence-corrected chi connectivity index (χ3v) is 3.51. The Balaban J connectivity index is 1.91. The van der Waals surface area contributed by atoms with Gasteiger partial charge in [-0.15, -0.1) is 0 Å². The molecule has 5 nitrogen and oxygen atoms in total. The zero-order valence-corrected chi connectivity index (χ0v) is 13.7. The van der Waals surface area contributed by atoms with Gasteiger partial charge in [-0.3, -0.25) is 0 Å². The van der Waals surface area contributed by atoms with Crippen molar-refractivity contribution in [2.75, 3.05) is 0 Å². The summed E-state index contributed by atoms with van der Waals surface area (Å²) in [5.41, 5.74) is 3.08. The van der Waals surface area contributed by atoms with Crippen LogP contribution in [0, 0.1) is 11.7 Å². The van der Waals surface area contributed by atoms with E-state index in [9.17, 15) is 0 Å². The van der Waals surface area contributed by atoms with Gasteiger partial charge in [0.2, 0.25) is 4.77 Å². The van der Waals surface area contributed by atoms with E-state index in [-0.39, 0.29) is 0 Å². The van der Waals surface area contributed by atoms with E-state index in [1.54, 1.807) is 17.2 Å².